The molecule has 8 heteroatoms. The summed E-state index contributed by atoms with van der Waals surface area (Å²) in [6, 6.07) is 17.5. The van der Waals surface area contributed by atoms with Crippen LogP contribution in [-0.4, -0.2) is 55.8 Å². The van der Waals surface area contributed by atoms with E-state index < -0.39 is 0 Å². The molecule has 2 aromatic carbocycles. The second-order valence-corrected chi connectivity index (χ2v) is 7.39. The van der Waals surface area contributed by atoms with Gasteiger partial charge in [0, 0.05) is 37.2 Å². The maximum atomic E-state index is 12.5. The lowest BCUT2D eigenvalue weighted by atomic mass is 10.1. The van der Waals surface area contributed by atoms with E-state index >= 15 is 0 Å². The van der Waals surface area contributed by atoms with Gasteiger partial charge in [-0.25, -0.2) is 9.97 Å². The first kappa shape index (κ1) is 21.6. The largest absolute Gasteiger partial charge is 0.497 e. The van der Waals surface area contributed by atoms with Gasteiger partial charge in [0.2, 0.25) is 5.95 Å². The second kappa shape index (κ2) is 10.6. The van der Waals surface area contributed by atoms with Crippen LogP contribution in [0.25, 0.3) is 0 Å². The summed E-state index contributed by atoms with van der Waals surface area (Å²) < 4.78 is 10.6. The average molecular weight is 434 g/mol. The van der Waals surface area contributed by atoms with Gasteiger partial charge in [0.25, 0.3) is 5.91 Å². The Bertz CT molecular complexity index is 1020. The monoisotopic (exact) mass is 433 g/mol. The lowest BCUT2D eigenvalue weighted by molar-refractivity contribution is 0.0949. The highest BCUT2D eigenvalue weighted by Crippen LogP contribution is 2.18. The van der Waals surface area contributed by atoms with E-state index in [1.165, 1.54) is 11.3 Å². The molecule has 0 radical (unpaired) electrons. The zero-order chi connectivity index (χ0) is 22.2. The third-order valence-corrected chi connectivity index (χ3v) is 5.25. The average Bonchev–Trinajstić information content (AvgIpc) is 2.85. The van der Waals surface area contributed by atoms with Crippen LogP contribution in [0.5, 0.6) is 5.75 Å². The number of benzene rings is 2. The van der Waals surface area contributed by atoms with Gasteiger partial charge in [-0.2, -0.15) is 0 Å². The number of methoxy groups -OCH3 is 1. The summed E-state index contributed by atoms with van der Waals surface area (Å²) in [7, 11) is 1.62. The maximum absolute atomic E-state index is 12.5. The van der Waals surface area contributed by atoms with E-state index in [2.05, 4.69) is 49.8 Å². The molecule has 0 unspecified atom stereocenters. The predicted octanol–water partition coefficient (Wildman–Crippen LogP) is 3.04. The zero-order valence-corrected chi connectivity index (χ0v) is 18.1. The first-order valence-electron chi connectivity index (χ1n) is 10.7. The normalized spacial score (nSPS) is 13.5. The van der Waals surface area contributed by atoms with E-state index in [1.54, 1.807) is 19.4 Å². The summed E-state index contributed by atoms with van der Waals surface area (Å²) in [6.07, 6.45) is 2.31. The quantitative estimate of drug-likeness (QED) is 0.564. The highest BCUT2D eigenvalue weighted by molar-refractivity contribution is 5.92. The fourth-order valence-electron chi connectivity index (χ4n) is 3.45. The number of rotatable bonds is 8. The van der Waals surface area contributed by atoms with Gasteiger partial charge in [-0.15, -0.1) is 0 Å². The first-order chi connectivity index (χ1) is 15.7. The maximum Gasteiger partial charge on any atom is 0.270 e. The number of carbonyl (C=O) groups excluding carboxylic acids is 1. The molecule has 0 bridgehead atoms. The van der Waals surface area contributed by atoms with Crippen LogP contribution in [0, 0.1) is 0 Å². The third-order valence-electron chi connectivity index (χ3n) is 5.25. The molecule has 2 heterocycles. The standard InChI is InChI=1S/C24H27N5O3/c1-31-21-8-4-19(5-9-21)27-24-26-13-11-22(28-24)23(30)25-12-10-18-2-6-20(7-3-18)29-14-16-32-17-15-29/h2-9,11,13H,10,12,14-17H2,1H3,(H,25,30)(H,26,27,28). The summed E-state index contributed by atoms with van der Waals surface area (Å²) >= 11 is 0. The molecule has 1 fully saturated rings. The number of hydrogen-bond acceptors (Lipinski definition) is 7. The molecule has 2 N–H and O–H groups in total. The van der Waals surface area contributed by atoms with Crippen LogP contribution >= 0.6 is 0 Å². The number of ether oxygens (including phenoxy) is 2. The molecule has 0 saturated carbocycles. The van der Waals surface area contributed by atoms with E-state index in [4.69, 9.17) is 9.47 Å². The van der Waals surface area contributed by atoms with Gasteiger partial charge in [0.1, 0.15) is 11.4 Å². The molecule has 1 amide bonds. The molecular formula is C24H27N5O3. The van der Waals surface area contributed by atoms with E-state index in [9.17, 15) is 4.79 Å². The highest BCUT2D eigenvalue weighted by atomic mass is 16.5. The summed E-state index contributed by atoms with van der Waals surface area (Å²) in [5.41, 5.74) is 3.51. The number of morpholine rings is 1. The Morgan fingerprint density at radius 2 is 1.81 bits per heavy atom. The van der Waals surface area contributed by atoms with E-state index in [1.807, 2.05) is 24.3 Å². The summed E-state index contributed by atoms with van der Waals surface area (Å²) in [4.78, 5) is 23.3. The first-order valence-corrected chi connectivity index (χ1v) is 10.7. The van der Waals surface area contributed by atoms with Crippen molar-refractivity contribution in [1.29, 1.82) is 0 Å². The number of anilines is 3. The van der Waals surface area contributed by atoms with Gasteiger partial charge in [-0.1, -0.05) is 12.1 Å². The molecule has 1 aromatic heterocycles. The molecule has 8 nitrogen and oxygen atoms in total. The number of hydrogen-bond donors (Lipinski definition) is 2. The van der Waals surface area contributed by atoms with Gasteiger partial charge in [0.05, 0.1) is 20.3 Å². The van der Waals surface area contributed by atoms with Gasteiger partial charge in [-0.3, -0.25) is 4.79 Å². The molecule has 4 rings (SSSR count). The summed E-state index contributed by atoms with van der Waals surface area (Å²) in [5, 5.41) is 6.03. The Labute approximate surface area is 187 Å². The molecule has 32 heavy (non-hydrogen) atoms. The highest BCUT2D eigenvalue weighted by Gasteiger charge is 2.11. The zero-order valence-electron chi connectivity index (χ0n) is 18.1. The number of aromatic nitrogens is 2. The summed E-state index contributed by atoms with van der Waals surface area (Å²) in [6.45, 7) is 3.91. The van der Waals surface area contributed by atoms with Crippen LogP contribution in [-0.2, 0) is 11.2 Å². The molecular weight excluding hydrogens is 406 g/mol. The predicted molar refractivity (Wildman–Crippen MR) is 124 cm³/mol. The molecule has 0 atom stereocenters. The lowest BCUT2D eigenvalue weighted by Gasteiger charge is -2.28. The number of carbonyl (C=O) groups is 1. The smallest absolute Gasteiger partial charge is 0.270 e. The van der Waals surface area contributed by atoms with Crippen molar-refractivity contribution in [2.75, 3.05) is 50.2 Å². The Morgan fingerprint density at radius 1 is 1.06 bits per heavy atom. The second-order valence-electron chi connectivity index (χ2n) is 7.39. The van der Waals surface area contributed by atoms with Crippen LogP contribution < -0.4 is 20.3 Å². The van der Waals surface area contributed by atoms with Crippen molar-refractivity contribution < 1.29 is 14.3 Å². The third kappa shape index (κ3) is 5.73. The molecule has 3 aromatic rings. The van der Waals surface area contributed by atoms with Gasteiger partial charge in [0.15, 0.2) is 0 Å². The fourth-order valence-corrected chi connectivity index (χ4v) is 3.45. The van der Waals surface area contributed by atoms with Crippen molar-refractivity contribution >= 4 is 23.2 Å². The van der Waals surface area contributed by atoms with E-state index in [0.717, 1.165) is 44.2 Å². The van der Waals surface area contributed by atoms with Crippen molar-refractivity contribution in [1.82, 2.24) is 15.3 Å². The van der Waals surface area contributed by atoms with Crippen molar-refractivity contribution in [2.45, 2.75) is 6.42 Å². The van der Waals surface area contributed by atoms with Crippen LogP contribution in [0.2, 0.25) is 0 Å². The minimum absolute atomic E-state index is 0.227. The SMILES string of the molecule is COc1ccc(Nc2nccc(C(=O)NCCc3ccc(N4CCOCC4)cc3)n2)cc1. The van der Waals surface area contributed by atoms with E-state index in [0.29, 0.717) is 18.2 Å². The van der Waals surface area contributed by atoms with Crippen LogP contribution in [0.1, 0.15) is 16.1 Å². The molecule has 166 valence electrons. The molecule has 1 aliphatic rings. The Hall–Kier alpha value is -3.65. The number of amides is 1. The molecule has 0 spiro atoms. The Kier molecular flexibility index (Phi) is 7.14. The van der Waals surface area contributed by atoms with Crippen molar-refractivity contribution in [3.8, 4) is 5.75 Å². The Balaban J connectivity index is 1.28. The van der Waals surface area contributed by atoms with Crippen LogP contribution in [0.15, 0.2) is 60.8 Å². The molecule has 1 aliphatic heterocycles. The van der Waals surface area contributed by atoms with Crippen molar-refractivity contribution in [2.24, 2.45) is 0 Å². The molecule has 0 aliphatic carbocycles. The fraction of sp³-hybridized carbons (Fsp3) is 0.292. The van der Waals surface area contributed by atoms with Crippen molar-refractivity contribution in [3.05, 3.63) is 72.1 Å². The minimum atomic E-state index is -0.227. The Morgan fingerprint density at radius 3 is 2.53 bits per heavy atom. The summed E-state index contributed by atoms with van der Waals surface area (Å²) in [5.74, 6) is 0.900. The van der Waals surface area contributed by atoms with Crippen LogP contribution in [0.4, 0.5) is 17.3 Å². The van der Waals surface area contributed by atoms with Gasteiger partial charge >= 0.3 is 0 Å². The number of nitrogens with one attached hydrogen (secondary N) is 2. The minimum Gasteiger partial charge on any atom is -0.497 e. The molecule has 1 saturated heterocycles. The van der Waals surface area contributed by atoms with Gasteiger partial charge < -0.3 is 25.0 Å². The number of nitrogens with zero attached hydrogens (tertiary/aromatic N) is 3. The van der Waals surface area contributed by atoms with Gasteiger partial charge in [-0.05, 0) is 54.4 Å². The topological polar surface area (TPSA) is 88.6 Å². The van der Waals surface area contributed by atoms with E-state index in [-0.39, 0.29) is 5.91 Å². The van der Waals surface area contributed by atoms with Crippen LogP contribution in [0.3, 0.4) is 0 Å². The lowest BCUT2D eigenvalue weighted by Crippen LogP contribution is -2.36. The van der Waals surface area contributed by atoms with Crippen molar-refractivity contribution in [3.63, 3.8) is 0 Å².